The minimum absolute atomic E-state index is 0.0250. The van der Waals surface area contributed by atoms with Gasteiger partial charge in [-0.3, -0.25) is 0 Å². The van der Waals surface area contributed by atoms with Gasteiger partial charge in [-0.05, 0) is 30.2 Å². The van der Waals surface area contributed by atoms with Crippen LogP contribution in [-0.2, 0) is 5.41 Å². The van der Waals surface area contributed by atoms with E-state index in [0.717, 1.165) is 4.20 Å². The van der Waals surface area contributed by atoms with Crippen LogP contribution >= 0.6 is 24.0 Å². The lowest BCUT2D eigenvalue weighted by molar-refractivity contribution is 0.640. The largest absolute Gasteiger partial charge is 0.0831 e. The first-order valence-corrected chi connectivity index (χ1v) is 7.57. The lowest BCUT2D eigenvalue weighted by Crippen LogP contribution is -2.18. The van der Waals surface area contributed by atoms with Crippen molar-refractivity contribution in [1.29, 1.82) is 0 Å². The summed E-state index contributed by atoms with van der Waals surface area (Å²) in [6.07, 6.45) is 0. The smallest absolute Gasteiger partial charge is 0.0496 e. The lowest BCUT2D eigenvalue weighted by Gasteiger charge is -2.26. The van der Waals surface area contributed by atoms with Crippen molar-refractivity contribution in [3.05, 3.63) is 65.7 Å². The van der Waals surface area contributed by atoms with Crippen molar-refractivity contribution in [3.8, 4) is 0 Å². The van der Waals surface area contributed by atoms with Crippen molar-refractivity contribution in [2.75, 3.05) is 0 Å². The molecule has 0 radical (unpaired) electrons. The van der Waals surface area contributed by atoms with Gasteiger partial charge in [-0.1, -0.05) is 80.3 Å². The van der Waals surface area contributed by atoms with Gasteiger partial charge in [0.25, 0.3) is 0 Å². The third-order valence-corrected chi connectivity index (χ3v) is 4.38. The van der Waals surface area contributed by atoms with Gasteiger partial charge < -0.3 is 0 Å². The quantitative estimate of drug-likeness (QED) is 0.543. The molecule has 2 heteroatoms. The van der Waals surface area contributed by atoms with E-state index in [9.17, 15) is 0 Å². The molecule has 0 fully saturated rings. The van der Waals surface area contributed by atoms with Crippen LogP contribution in [0.3, 0.4) is 0 Å². The first kappa shape index (κ1) is 14.3. The van der Waals surface area contributed by atoms with Crippen LogP contribution < -0.4 is 0 Å². The Morgan fingerprint density at radius 3 is 1.95 bits per heavy atom. The Balaban J connectivity index is 2.29. The first-order chi connectivity index (χ1) is 9.00. The Morgan fingerprint density at radius 1 is 0.895 bits per heavy atom. The van der Waals surface area contributed by atoms with Crippen LogP contribution in [0.2, 0.25) is 0 Å². The predicted octanol–water partition coefficient (Wildman–Crippen LogP) is 5.45. The SMILES string of the molecule is CC(=S)Sc1ccc(C(C)(C)c2ccccc2)cc1. The zero-order valence-corrected chi connectivity index (χ0v) is 13.1. The summed E-state index contributed by atoms with van der Waals surface area (Å²) >= 11 is 6.77. The maximum absolute atomic E-state index is 5.12. The summed E-state index contributed by atoms with van der Waals surface area (Å²) in [5.74, 6) is 0. The molecule has 0 saturated carbocycles. The number of hydrogen-bond acceptors (Lipinski definition) is 2. The fourth-order valence-corrected chi connectivity index (χ4v) is 3.02. The maximum atomic E-state index is 5.12. The minimum Gasteiger partial charge on any atom is -0.0831 e. The van der Waals surface area contributed by atoms with Crippen molar-refractivity contribution < 1.29 is 0 Å². The van der Waals surface area contributed by atoms with Crippen LogP contribution in [0.1, 0.15) is 31.9 Å². The van der Waals surface area contributed by atoms with Crippen LogP contribution in [0.25, 0.3) is 0 Å². The molecule has 0 nitrogen and oxygen atoms in total. The molecule has 0 spiro atoms. The fourth-order valence-electron chi connectivity index (χ4n) is 2.13. The molecule has 0 N–H and O–H groups in total. The molecule has 0 aliphatic carbocycles. The van der Waals surface area contributed by atoms with E-state index in [1.807, 2.05) is 6.92 Å². The highest BCUT2D eigenvalue weighted by Gasteiger charge is 2.22. The van der Waals surface area contributed by atoms with Gasteiger partial charge in [0.1, 0.15) is 0 Å². The number of rotatable bonds is 3. The lowest BCUT2D eigenvalue weighted by atomic mass is 9.78. The second-order valence-electron chi connectivity index (χ2n) is 5.11. The molecular weight excluding hydrogens is 268 g/mol. The van der Waals surface area contributed by atoms with E-state index in [-0.39, 0.29) is 5.41 Å². The van der Waals surface area contributed by atoms with Crippen molar-refractivity contribution in [2.24, 2.45) is 0 Å². The maximum Gasteiger partial charge on any atom is 0.0496 e. The Morgan fingerprint density at radius 2 is 1.42 bits per heavy atom. The molecule has 0 saturated heterocycles. The third-order valence-electron chi connectivity index (χ3n) is 3.33. The van der Waals surface area contributed by atoms with E-state index in [2.05, 4.69) is 68.4 Å². The molecule has 0 heterocycles. The highest BCUT2D eigenvalue weighted by Crippen LogP contribution is 2.32. The van der Waals surface area contributed by atoms with E-state index in [1.54, 1.807) is 11.8 Å². The first-order valence-electron chi connectivity index (χ1n) is 6.34. The molecule has 2 aromatic rings. The summed E-state index contributed by atoms with van der Waals surface area (Å²) in [6, 6.07) is 19.3. The van der Waals surface area contributed by atoms with E-state index >= 15 is 0 Å². The topological polar surface area (TPSA) is 0 Å². The minimum atomic E-state index is 0.0250. The molecule has 0 atom stereocenters. The van der Waals surface area contributed by atoms with Crippen molar-refractivity contribution in [2.45, 2.75) is 31.1 Å². The van der Waals surface area contributed by atoms with Crippen LogP contribution in [0.5, 0.6) is 0 Å². The Labute approximate surface area is 125 Å². The summed E-state index contributed by atoms with van der Waals surface area (Å²) in [5, 5.41) is 0. The molecule has 2 aromatic carbocycles. The average molecular weight is 286 g/mol. The summed E-state index contributed by atoms with van der Waals surface area (Å²) < 4.78 is 0.954. The van der Waals surface area contributed by atoms with Gasteiger partial charge >= 0.3 is 0 Å². The van der Waals surface area contributed by atoms with Crippen LogP contribution in [-0.4, -0.2) is 4.20 Å². The number of thioether (sulfide) groups is 1. The van der Waals surface area contributed by atoms with Crippen molar-refractivity contribution in [1.82, 2.24) is 0 Å². The Hall–Kier alpha value is -1.12. The summed E-state index contributed by atoms with van der Waals surface area (Å²) in [4.78, 5) is 1.21. The molecule has 0 aromatic heterocycles. The van der Waals surface area contributed by atoms with Gasteiger partial charge in [0, 0.05) is 14.5 Å². The van der Waals surface area contributed by atoms with E-state index < -0.39 is 0 Å². The molecule has 2 rings (SSSR count). The second kappa shape index (κ2) is 5.89. The fraction of sp³-hybridized carbons (Fsp3) is 0.235. The number of thiocarbonyl (C=S) groups is 1. The molecule has 0 unspecified atom stereocenters. The van der Waals surface area contributed by atoms with Gasteiger partial charge in [0.2, 0.25) is 0 Å². The molecule has 0 aliphatic rings. The summed E-state index contributed by atoms with van der Waals surface area (Å²) in [6.45, 7) is 6.48. The highest BCUT2D eigenvalue weighted by molar-refractivity contribution is 8.23. The monoisotopic (exact) mass is 286 g/mol. The zero-order chi connectivity index (χ0) is 13.9. The number of hydrogen-bond donors (Lipinski definition) is 0. The van der Waals surface area contributed by atoms with Crippen LogP contribution in [0, 0.1) is 0 Å². The zero-order valence-electron chi connectivity index (χ0n) is 11.5. The summed E-state index contributed by atoms with van der Waals surface area (Å²) in [7, 11) is 0. The third kappa shape index (κ3) is 3.46. The molecule has 98 valence electrons. The van der Waals surface area contributed by atoms with Gasteiger partial charge in [-0.15, -0.1) is 0 Å². The summed E-state index contributed by atoms with van der Waals surface area (Å²) in [5.41, 5.74) is 2.68. The number of benzene rings is 2. The molecule has 0 bridgehead atoms. The van der Waals surface area contributed by atoms with Crippen molar-refractivity contribution in [3.63, 3.8) is 0 Å². The second-order valence-corrected chi connectivity index (χ2v) is 7.27. The molecular formula is C17H18S2. The molecule has 0 aliphatic heterocycles. The standard InChI is InChI=1S/C17H18S2/c1-13(18)19-16-11-9-15(10-12-16)17(2,3)14-7-5-4-6-8-14/h4-12H,1-3H3. The predicted molar refractivity (Wildman–Crippen MR) is 89.1 cm³/mol. The van der Waals surface area contributed by atoms with E-state index in [0.29, 0.717) is 0 Å². The normalized spacial score (nSPS) is 11.3. The van der Waals surface area contributed by atoms with Gasteiger partial charge in [-0.2, -0.15) is 0 Å². The molecule has 19 heavy (non-hydrogen) atoms. The Kier molecular flexibility index (Phi) is 4.43. The highest BCUT2D eigenvalue weighted by atomic mass is 32.2. The van der Waals surface area contributed by atoms with Gasteiger partial charge in [0.15, 0.2) is 0 Å². The average Bonchev–Trinajstić information content (AvgIpc) is 2.40. The van der Waals surface area contributed by atoms with Gasteiger partial charge in [-0.25, -0.2) is 0 Å². The van der Waals surface area contributed by atoms with E-state index in [4.69, 9.17) is 12.2 Å². The van der Waals surface area contributed by atoms with Crippen LogP contribution in [0.4, 0.5) is 0 Å². The Bertz CT molecular complexity index is 554. The van der Waals surface area contributed by atoms with Crippen LogP contribution in [0.15, 0.2) is 59.5 Å². The van der Waals surface area contributed by atoms with E-state index in [1.165, 1.54) is 16.0 Å². The molecule has 0 amide bonds. The van der Waals surface area contributed by atoms with Gasteiger partial charge in [0.05, 0.1) is 0 Å². The van der Waals surface area contributed by atoms with Crippen molar-refractivity contribution >= 4 is 28.2 Å².